The van der Waals surface area contributed by atoms with Crippen LogP contribution in [0.2, 0.25) is 0 Å². The van der Waals surface area contributed by atoms with Crippen LogP contribution in [0, 0.1) is 0 Å². The van der Waals surface area contributed by atoms with Gasteiger partial charge < -0.3 is 23.6 Å². The number of nitrogens with zero attached hydrogens (tertiary/aromatic N) is 3. The van der Waals surface area contributed by atoms with Crippen molar-refractivity contribution in [1.29, 1.82) is 0 Å². The number of esters is 1. The first-order chi connectivity index (χ1) is 15.7. The smallest absolute Gasteiger partial charge is 0.360 e. The molecule has 0 bridgehead atoms. The number of rotatable bonds is 5. The second-order valence-electron chi connectivity index (χ2n) is 7.63. The molecule has 0 amide bonds. The van der Waals surface area contributed by atoms with Crippen LogP contribution in [-0.2, 0) is 9.47 Å². The Kier molecular flexibility index (Phi) is 5.40. The molecule has 0 N–H and O–H groups in total. The van der Waals surface area contributed by atoms with E-state index in [0.29, 0.717) is 37.3 Å². The van der Waals surface area contributed by atoms with E-state index < -0.39 is 11.5 Å². The molecule has 1 aliphatic heterocycles. The van der Waals surface area contributed by atoms with Gasteiger partial charge >= 0.3 is 11.5 Å². The molecule has 9 heteroatoms. The van der Waals surface area contributed by atoms with Crippen LogP contribution in [0.25, 0.3) is 16.6 Å². The second-order valence-corrected chi connectivity index (χ2v) is 7.63. The van der Waals surface area contributed by atoms with E-state index in [9.17, 15) is 9.59 Å². The van der Waals surface area contributed by atoms with Crippen molar-refractivity contribution < 1.29 is 23.5 Å². The number of fused-ring (bicyclic) bond motifs is 3. The van der Waals surface area contributed by atoms with Gasteiger partial charge in [0.25, 0.3) is 0 Å². The Morgan fingerprint density at radius 1 is 1.25 bits per heavy atom. The minimum Gasteiger partial charge on any atom is -0.481 e. The largest absolute Gasteiger partial charge is 0.481 e. The Hall–Kier alpha value is -3.59. The Balaban J connectivity index is 1.66. The molecule has 1 aliphatic carbocycles. The minimum absolute atomic E-state index is 0.163. The third kappa shape index (κ3) is 3.54. The quantitative estimate of drug-likeness (QED) is 0.563. The Labute approximate surface area is 183 Å². The van der Waals surface area contributed by atoms with Gasteiger partial charge in [0.05, 0.1) is 31.4 Å². The number of hydrogen-bond donors (Lipinski definition) is 0. The van der Waals surface area contributed by atoms with Crippen molar-refractivity contribution in [3.63, 3.8) is 0 Å². The predicted octanol–water partition coefficient (Wildman–Crippen LogP) is 2.72. The maximum absolute atomic E-state index is 13.3. The highest BCUT2D eigenvalue weighted by Gasteiger charge is 2.27. The molecule has 2 aliphatic rings. The first-order valence-electron chi connectivity index (χ1n) is 10.5. The molecule has 3 aromatic rings. The Morgan fingerprint density at radius 3 is 2.84 bits per heavy atom. The first kappa shape index (κ1) is 20.3. The maximum atomic E-state index is 13.3. The van der Waals surface area contributed by atoms with Crippen LogP contribution in [0.5, 0.6) is 5.75 Å². The molecule has 0 radical (unpaired) electrons. The number of aromatic nitrogens is 2. The number of carbonyl (C=O) groups is 1. The zero-order valence-corrected chi connectivity index (χ0v) is 17.7. The van der Waals surface area contributed by atoms with E-state index in [1.54, 1.807) is 6.07 Å². The number of anilines is 1. The molecule has 166 valence electrons. The second kappa shape index (κ2) is 8.51. The summed E-state index contributed by atoms with van der Waals surface area (Å²) in [6.07, 6.45) is 7.69. The van der Waals surface area contributed by atoms with Crippen LogP contribution < -0.4 is 15.2 Å². The van der Waals surface area contributed by atoms with Gasteiger partial charge in [-0.2, -0.15) is 0 Å². The summed E-state index contributed by atoms with van der Waals surface area (Å²) in [5.74, 6) is -0.924. The fourth-order valence-corrected chi connectivity index (χ4v) is 4.02. The summed E-state index contributed by atoms with van der Waals surface area (Å²) in [7, 11) is 1.25. The fraction of sp³-hybridized carbons (Fsp3) is 0.348. The third-order valence-electron chi connectivity index (χ3n) is 5.65. The summed E-state index contributed by atoms with van der Waals surface area (Å²) < 4.78 is 23.1. The summed E-state index contributed by atoms with van der Waals surface area (Å²) >= 11 is 0. The average Bonchev–Trinajstić information content (AvgIpc) is 3.23. The van der Waals surface area contributed by atoms with E-state index in [-0.39, 0.29) is 23.7 Å². The minimum atomic E-state index is -0.740. The van der Waals surface area contributed by atoms with Gasteiger partial charge in [0.1, 0.15) is 6.61 Å². The molecule has 5 rings (SSSR count). The number of hydrogen-bond acceptors (Lipinski definition) is 8. The summed E-state index contributed by atoms with van der Waals surface area (Å²) in [5.41, 5.74) is 1.88. The van der Waals surface area contributed by atoms with Gasteiger partial charge in [-0.15, -0.1) is 4.57 Å². The summed E-state index contributed by atoms with van der Waals surface area (Å²) in [6, 6.07) is 5.58. The molecule has 0 unspecified atom stereocenters. The summed E-state index contributed by atoms with van der Waals surface area (Å²) in [4.78, 5) is 32.5. The van der Waals surface area contributed by atoms with E-state index in [1.165, 1.54) is 7.11 Å². The molecule has 1 aromatic carbocycles. The van der Waals surface area contributed by atoms with E-state index >= 15 is 0 Å². The van der Waals surface area contributed by atoms with Crippen LogP contribution in [0.15, 0.2) is 51.3 Å². The molecule has 0 atom stereocenters. The van der Waals surface area contributed by atoms with E-state index in [2.05, 4.69) is 16.0 Å². The van der Waals surface area contributed by atoms with Crippen LogP contribution in [0.3, 0.4) is 0 Å². The molecule has 2 aromatic heterocycles. The molecule has 1 saturated heterocycles. The monoisotopic (exact) mass is 437 g/mol. The number of carbonyl (C=O) groups excluding carboxylic acids is 1. The number of benzene rings is 1. The van der Waals surface area contributed by atoms with Crippen molar-refractivity contribution in [1.82, 2.24) is 9.56 Å². The van der Waals surface area contributed by atoms with Crippen LogP contribution >= 0.6 is 0 Å². The standard InChI is InChI=1S/C23H23N3O6/c1-29-23(28)19-20(31-14-15-6-3-2-4-7-15)22(27)26-21(24-19)18-16(8-5-9-17(18)32-26)25-10-12-30-13-11-25/h2-3,5-6,8-9H,4,7,10-14H2,1H3. The number of methoxy groups -OCH3 is 1. The molecule has 0 saturated carbocycles. The average molecular weight is 437 g/mol. The van der Waals surface area contributed by atoms with Gasteiger partial charge in [-0.05, 0) is 30.5 Å². The van der Waals surface area contributed by atoms with Gasteiger partial charge in [0, 0.05) is 13.1 Å². The Morgan fingerprint density at radius 2 is 2.09 bits per heavy atom. The summed E-state index contributed by atoms with van der Waals surface area (Å²) in [6.45, 7) is 2.80. The zero-order chi connectivity index (χ0) is 22.1. The van der Waals surface area contributed by atoms with Crippen molar-refractivity contribution in [2.24, 2.45) is 0 Å². The van der Waals surface area contributed by atoms with Crippen LogP contribution in [0.4, 0.5) is 5.69 Å². The lowest BCUT2D eigenvalue weighted by Crippen LogP contribution is -2.36. The first-order valence-corrected chi connectivity index (χ1v) is 10.5. The van der Waals surface area contributed by atoms with Crippen molar-refractivity contribution in [2.45, 2.75) is 12.8 Å². The van der Waals surface area contributed by atoms with Gasteiger partial charge in [0.15, 0.2) is 16.9 Å². The number of morpholine rings is 1. The zero-order valence-electron chi connectivity index (χ0n) is 17.7. The molecule has 0 spiro atoms. The lowest BCUT2D eigenvalue weighted by Gasteiger charge is -2.29. The highest BCUT2D eigenvalue weighted by Crippen LogP contribution is 2.32. The van der Waals surface area contributed by atoms with Gasteiger partial charge in [0.2, 0.25) is 5.75 Å². The predicted molar refractivity (Wildman–Crippen MR) is 118 cm³/mol. The molecule has 3 heterocycles. The molecular formula is C23H23N3O6. The number of ether oxygens (including phenoxy) is 3. The Bertz CT molecular complexity index is 1300. The molecule has 32 heavy (non-hydrogen) atoms. The fourth-order valence-electron chi connectivity index (χ4n) is 4.02. The third-order valence-corrected chi connectivity index (χ3v) is 5.65. The normalized spacial score (nSPS) is 16.4. The maximum Gasteiger partial charge on any atom is 0.360 e. The topological polar surface area (TPSA) is 95.5 Å². The van der Waals surface area contributed by atoms with Gasteiger partial charge in [-0.1, -0.05) is 24.3 Å². The van der Waals surface area contributed by atoms with E-state index in [0.717, 1.165) is 28.7 Å². The lowest BCUT2D eigenvalue weighted by molar-refractivity contribution is 0.0588. The van der Waals surface area contributed by atoms with Crippen molar-refractivity contribution in [3.05, 3.63) is 58.0 Å². The van der Waals surface area contributed by atoms with E-state index in [1.807, 2.05) is 24.3 Å². The van der Waals surface area contributed by atoms with Gasteiger partial charge in [-0.3, -0.25) is 4.79 Å². The van der Waals surface area contributed by atoms with E-state index in [4.69, 9.17) is 18.7 Å². The lowest BCUT2D eigenvalue weighted by atomic mass is 10.1. The summed E-state index contributed by atoms with van der Waals surface area (Å²) in [5, 5.41) is 0.656. The van der Waals surface area contributed by atoms with Crippen molar-refractivity contribution >= 4 is 28.3 Å². The van der Waals surface area contributed by atoms with Crippen LogP contribution in [0.1, 0.15) is 23.3 Å². The highest BCUT2D eigenvalue weighted by atomic mass is 16.5. The van der Waals surface area contributed by atoms with Crippen LogP contribution in [-0.4, -0.2) is 55.5 Å². The van der Waals surface area contributed by atoms with Crippen molar-refractivity contribution in [2.75, 3.05) is 44.9 Å². The number of allylic oxidation sites excluding steroid dienone is 3. The van der Waals surface area contributed by atoms with Crippen molar-refractivity contribution in [3.8, 4) is 5.75 Å². The molecule has 1 fully saturated rings. The molecule has 9 nitrogen and oxygen atoms in total. The SMILES string of the molecule is COC(=O)c1nc2c3c(N4CCOCC4)cccc3on2c(=O)c1OCC1=CC=CCC1. The van der Waals surface area contributed by atoms with Gasteiger partial charge in [-0.25, -0.2) is 9.78 Å². The highest BCUT2D eigenvalue weighted by molar-refractivity contribution is 6.02. The molecular weight excluding hydrogens is 414 g/mol.